The summed E-state index contributed by atoms with van der Waals surface area (Å²) in [5.74, 6) is -0.438. The van der Waals surface area contributed by atoms with E-state index in [4.69, 9.17) is 23.1 Å². The van der Waals surface area contributed by atoms with Crippen molar-refractivity contribution >= 4 is 24.0 Å². The van der Waals surface area contributed by atoms with Gasteiger partial charge < -0.3 is 11.5 Å². The maximum atomic E-state index is 13.0. The van der Waals surface area contributed by atoms with Crippen LogP contribution in [0.15, 0.2) is 18.2 Å². The second-order valence-corrected chi connectivity index (χ2v) is 3.26. The Balaban J connectivity index is 0.00000169. The summed E-state index contributed by atoms with van der Waals surface area (Å²) in [5.41, 5.74) is 11.8. The number of hydrogen-bond donors (Lipinski definition) is 2. The van der Waals surface area contributed by atoms with Gasteiger partial charge in [-0.25, -0.2) is 4.39 Å². The van der Waals surface area contributed by atoms with Crippen LogP contribution in [0.3, 0.4) is 0 Å². The van der Waals surface area contributed by atoms with Crippen LogP contribution in [-0.2, 0) is 0 Å². The molecule has 1 aromatic rings. The van der Waals surface area contributed by atoms with Gasteiger partial charge in [-0.05, 0) is 30.7 Å². The van der Waals surface area contributed by atoms with Crippen molar-refractivity contribution in [2.45, 2.75) is 12.5 Å². The molecule has 0 bridgehead atoms. The van der Waals surface area contributed by atoms with Crippen LogP contribution >= 0.6 is 24.0 Å². The van der Waals surface area contributed by atoms with Gasteiger partial charge >= 0.3 is 0 Å². The Bertz CT molecular complexity index is 294. The first kappa shape index (κ1) is 13.7. The normalized spacial score (nSPS) is 12.0. The summed E-state index contributed by atoms with van der Waals surface area (Å²) in [5, 5.41) is 0.115. The first-order chi connectivity index (χ1) is 6.15. The Hall–Kier alpha value is -0.350. The van der Waals surface area contributed by atoms with Crippen molar-refractivity contribution in [1.29, 1.82) is 0 Å². The lowest BCUT2D eigenvalue weighted by Crippen LogP contribution is -2.15. The fourth-order valence-electron chi connectivity index (χ4n) is 1.09. The third-order valence-electron chi connectivity index (χ3n) is 1.85. The average molecular weight is 239 g/mol. The Morgan fingerprint density at radius 3 is 2.57 bits per heavy atom. The highest BCUT2D eigenvalue weighted by Crippen LogP contribution is 2.20. The zero-order valence-electron chi connectivity index (χ0n) is 7.54. The molecule has 14 heavy (non-hydrogen) atoms. The molecule has 80 valence electrons. The summed E-state index contributed by atoms with van der Waals surface area (Å²) in [6.45, 7) is 0.491. The van der Waals surface area contributed by atoms with Crippen LogP contribution in [0.25, 0.3) is 0 Å². The predicted molar refractivity (Wildman–Crippen MR) is 59.3 cm³/mol. The second kappa shape index (κ2) is 6.19. The number of benzene rings is 1. The summed E-state index contributed by atoms with van der Waals surface area (Å²) >= 11 is 5.52. The molecule has 0 fully saturated rings. The molecule has 2 nitrogen and oxygen atoms in total. The van der Waals surface area contributed by atoms with Crippen molar-refractivity contribution in [3.05, 3.63) is 34.6 Å². The molecule has 0 heterocycles. The van der Waals surface area contributed by atoms with E-state index in [0.29, 0.717) is 13.0 Å². The Morgan fingerprint density at radius 2 is 2.07 bits per heavy atom. The van der Waals surface area contributed by atoms with Gasteiger partial charge in [0.15, 0.2) is 0 Å². The van der Waals surface area contributed by atoms with Crippen molar-refractivity contribution in [3.63, 3.8) is 0 Å². The first-order valence-corrected chi connectivity index (χ1v) is 4.43. The van der Waals surface area contributed by atoms with Gasteiger partial charge in [-0.2, -0.15) is 0 Å². The highest BCUT2D eigenvalue weighted by molar-refractivity contribution is 6.30. The molecular weight excluding hydrogens is 226 g/mol. The number of nitrogens with two attached hydrogens (primary N) is 2. The van der Waals surface area contributed by atoms with Crippen molar-refractivity contribution in [1.82, 2.24) is 0 Å². The summed E-state index contributed by atoms with van der Waals surface area (Å²) in [4.78, 5) is 0. The topological polar surface area (TPSA) is 52.0 Å². The van der Waals surface area contributed by atoms with Gasteiger partial charge in [0.2, 0.25) is 0 Å². The van der Waals surface area contributed by atoms with Gasteiger partial charge in [0, 0.05) is 6.04 Å². The fourth-order valence-corrected chi connectivity index (χ4v) is 1.21. The zero-order valence-corrected chi connectivity index (χ0v) is 9.11. The van der Waals surface area contributed by atoms with Crippen LogP contribution in [0.5, 0.6) is 0 Å². The minimum Gasteiger partial charge on any atom is -0.330 e. The molecule has 0 saturated carbocycles. The molecule has 0 aromatic heterocycles. The third kappa shape index (κ3) is 3.42. The van der Waals surface area contributed by atoms with Crippen LogP contribution in [0.1, 0.15) is 18.0 Å². The quantitative estimate of drug-likeness (QED) is 0.849. The molecule has 1 atom stereocenters. The molecule has 0 aliphatic rings. The van der Waals surface area contributed by atoms with Crippen LogP contribution in [0.2, 0.25) is 5.02 Å². The average Bonchev–Trinajstić information content (AvgIpc) is 2.10. The zero-order chi connectivity index (χ0) is 9.84. The molecular formula is C9H13Cl2FN2. The molecule has 0 amide bonds. The van der Waals surface area contributed by atoms with E-state index in [1.54, 1.807) is 6.07 Å². The minimum absolute atomic E-state index is 0. The van der Waals surface area contributed by atoms with Crippen LogP contribution in [0, 0.1) is 5.82 Å². The van der Waals surface area contributed by atoms with E-state index in [9.17, 15) is 4.39 Å². The van der Waals surface area contributed by atoms with E-state index in [1.807, 2.05) is 0 Å². The van der Waals surface area contributed by atoms with Gasteiger partial charge in [0.1, 0.15) is 5.82 Å². The van der Waals surface area contributed by atoms with Crippen molar-refractivity contribution in [2.24, 2.45) is 11.5 Å². The van der Waals surface area contributed by atoms with E-state index in [2.05, 4.69) is 0 Å². The van der Waals surface area contributed by atoms with E-state index >= 15 is 0 Å². The largest absolute Gasteiger partial charge is 0.330 e. The third-order valence-corrected chi connectivity index (χ3v) is 2.16. The van der Waals surface area contributed by atoms with Crippen molar-refractivity contribution in [2.75, 3.05) is 6.54 Å². The van der Waals surface area contributed by atoms with Gasteiger partial charge in [-0.3, -0.25) is 0 Å². The van der Waals surface area contributed by atoms with Gasteiger partial charge in [0.05, 0.1) is 5.02 Å². The maximum Gasteiger partial charge on any atom is 0.142 e. The van der Waals surface area contributed by atoms with E-state index in [1.165, 1.54) is 12.1 Å². The van der Waals surface area contributed by atoms with E-state index in [-0.39, 0.29) is 23.5 Å². The number of rotatable bonds is 3. The summed E-state index contributed by atoms with van der Waals surface area (Å²) < 4.78 is 13.0. The molecule has 0 aliphatic carbocycles. The number of hydrogen-bond acceptors (Lipinski definition) is 2. The smallest absolute Gasteiger partial charge is 0.142 e. The Kier molecular flexibility index (Phi) is 6.04. The van der Waals surface area contributed by atoms with Gasteiger partial charge in [0.25, 0.3) is 0 Å². The Labute approximate surface area is 93.8 Å². The molecule has 0 aliphatic heterocycles. The van der Waals surface area contributed by atoms with Crippen LogP contribution < -0.4 is 11.5 Å². The standard InChI is InChI=1S/C9H12ClFN2.ClH/c10-7-2-1-6(5-8(7)11)9(13)3-4-12;/h1-2,5,9H,3-4,12-13H2;1H/t9-;/m0./s1. The molecule has 0 spiro atoms. The summed E-state index contributed by atoms with van der Waals surface area (Å²) in [6, 6.07) is 4.36. The SMILES string of the molecule is Cl.NCC[C@H](N)c1ccc(Cl)c(F)c1. The van der Waals surface area contributed by atoms with E-state index < -0.39 is 5.82 Å². The van der Waals surface area contributed by atoms with Crippen LogP contribution in [0.4, 0.5) is 4.39 Å². The van der Waals surface area contributed by atoms with Crippen LogP contribution in [-0.4, -0.2) is 6.54 Å². The lowest BCUT2D eigenvalue weighted by atomic mass is 10.1. The highest BCUT2D eigenvalue weighted by Gasteiger charge is 2.07. The molecule has 1 aromatic carbocycles. The monoisotopic (exact) mass is 238 g/mol. The molecule has 5 heteroatoms. The molecule has 0 saturated heterocycles. The highest BCUT2D eigenvalue weighted by atomic mass is 35.5. The maximum absolute atomic E-state index is 13.0. The molecule has 0 unspecified atom stereocenters. The summed E-state index contributed by atoms with van der Waals surface area (Å²) in [7, 11) is 0. The van der Waals surface area contributed by atoms with Gasteiger partial charge in [-0.1, -0.05) is 17.7 Å². The van der Waals surface area contributed by atoms with Crippen molar-refractivity contribution in [3.8, 4) is 0 Å². The number of halogens is 3. The fraction of sp³-hybridized carbons (Fsp3) is 0.333. The second-order valence-electron chi connectivity index (χ2n) is 2.86. The lowest BCUT2D eigenvalue weighted by molar-refractivity contribution is 0.612. The Morgan fingerprint density at radius 1 is 1.43 bits per heavy atom. The predicted octanol–water partition coefficient (Wildman–Crippen LogP) is 2.25. The summed E-state index contributed by atoms with van der Waals surface area (Å²) in [6.07, 6.45) is 0.640. The first-order valence-electron chi connectivity index (χ1n) is 4.05. The van der Waals surface area contributed by atoms with E-state index in [0.717, 1.165) is 5.56 Å². The van der Waals surface area contributed by atoms with Crippen molar-refractivity contribution < 1.29 is 4.39 Å². The minimum atomic E-state index is -0.438. The molecule has 1 rings (SSSR count). The molecule has 4 N–H and O–H groups in total. The lowest BCUT2D eigenvalue weighted by Gasteiger charge is -2.10. The molecule has 0 radical (unpaired) electrons. The van der Waals surface area contributed by atoms with Gasteiger partial charge in [-0.15, -0.1) is 12.4 Å².